The van der Waals surface area contributed by atoms with Gasteiger partial charge in [-0.3, -0.25) is 4.79 Å². The number of hydrogen-bond donors (Lipinski definition) is 1. The lowest BCUT2D eigenvalue weighted by atomic mass is 10.2. The van der Waals surface area contributed by atoms with Crippen LogP contribution in [0.5, 0.6) is 0 Å². The van der Waals surface area contributed by atoms with Gasteiger partial charge in [0.15, 0.2) is 11.3 Å². The van der Waals surface area contributed by atoms with E-state index in [4.69, 9.17) is 0 Å². The number of carbonyl (C=O) groups is 1. The van der Waals surface area contributed by atoms with Crippen LogP contribution in [0.15, 0.2) is 49.1 Å². The molecular formula is C16H17N5O. The second-order valence-electron chi connectivity index (χ2n) is 5.32. The molecule has 1 N–H and O–H groups in total. The van der Waals surface area contributed by atoms with Crippen molar-refractivity contribution in [3.05, 3.63) is 60.3 Å². The molecule has 2 heterocycles. The number of fused-ring (bicyclic) bond motifs is 1. The van der Waals surface area contributed by atoms with E-state index in [1.54, 1.807) is 29.2 Å². The molecule has 1 amide bonds. The highest BCUT2D eigenvalue weighted by molar-refractivity contribution is 6.06. The molecule has 0 fully saturated rings. The van der Waals surface area contributed by atoms with Crippen LogP contribution in [-0.4, -0.2) is 39.3 Å². The largest absolute Gasteiger partial charge is 0.321 e. The third kappa shape index (κ3) is 2.96. The van der Waals surface area contributed by atoms with Gasteiger partial charge in [-0.1, -0.05) is 12.1 Å². The minimum atomic E-state index is -0.267. The van der Waals surface area contributed by atoms with Crippen LogP contribution < -0.4 is 5.32 Å². The van der Waals surface area contributed by atoms with Gasteiger partial charge in [0.05, 0.1) is 0 Å². The molecule has 0 aliphatic heterocycles. The van der Waals surface area contributed by atoms with Crippen molar-refractivity contribution in [1.29, 1.82) is 0 Å². The number of benzene rings is 1. The standard InChI is InChI=1S/C16H17N5O/c1-20(2)11-12-3-5-13(6-4-12)19-16(22)14-15-18-8-10-21(15)9-7-17-14/h3-10H,11H2,1-2H3,(H,19,22). The summed E-state index contributed by atoms with van der Waals surface area (Å²) in [5.41, 5.74) is 2.79. The zero-order valence-electron chi connectivity index (χ0n) is 12.5. The Kier molecular flexibility index (Phi) is 3.84. The van der Waals surface area contributed by atoms with E-state index in [1.807, 2.05) is 38.4 Å². The molecule has 6 nitrogen and oxygen atoms in total. The minimum absolute atomic E-state index is 0.267. The summed E-state index contributed by atoms with van der Waals surface area (Å²) in [6, 6.07) is 7.78. The van der Waals surface area contributed by atoms with Crippen LogP contribution in [0.4, 0.5) is 5.69 Å². The monoisotopic (exact) mass is 295 g/mol. The highest BCUT2D eigenvalue weighted by Crippen LogP contribution is 2.13. The highest BCUT2D eigenvalue weighted by atomic mass is 16.1. The zero-order chi connectivity index (χ0) is 15.5. The summed E-state index contributed by atoms with van der Waals surface area (Å²) in [7, 11) is 4.04. The molecule has 6 heteroatoms. The van der Waals surface area contributed by atoms with E-state index < -0.39 is 0 Å². The number of aromatic nitrogens is 3. The maximum absolute atomic E-state index is 12.4. The number of amides is 1. The van der Waals surface area contributed by atoms with Gasteiger partial charge < -0.3 is 14.6 Å². The highest BCUT2D eigenvalue weighted by Gasteiger charge is 2.13. The third-order valence-corrected chi connectivity index (χ3v) is 3.24. The fraction of sp³-hybridized carbons (Fsp3) is 0.188. The predicted octanol–water partition coefficient (Wildman–Crippen LogP) is 2.04. The van der Waals surface area contributed by atoms with Crippen LogP contribution in [0.1, 0.15) is 16.1 Å². The molecule has 2 aromatic heterocycles. The van der Waals surface area contributed by atoms with Crippen molar-refractivity contribution in [2.24, 2.45) is 0 Å². The average molecular weight is 295 g/mol. The summed E-state index contributed by atoms with van der Waals surface area (Å²) >= 11 is 0. The van der Waals surface area contributed by atoms with Gasteiger partial charge in [0.1, 0.15) is 0 Å². The first-order valence-electron chi connectivity index (χ1n) is 6.96. The van der Waals surface area contributed by atoms with Gasteiger partial charge in [-0.15, -0.1) is 0 Å². The molecular weight excluding hydrogens is 278 g/mol. The second-order valence-corrected chi connectivity index (χ2v) is 5.32. The molecule has 3 rings (SSSR count). The number of nitrogens with one attached hydrogen (secondary N) is 1. The lowest BCUT2D eigenvalue weighted by Crippen LogP contribution is -2.15. The van der Waals surface area contributed by atoms with Crippen LogP contribution in [0, 0.1) is 0 Å². The van der Waals surface area contributed by atoms with Crippen molar-refractivity contribution in [2.75, 3.05) is 19.4 Å². The lowest BCUT2D eigenvalue weighted by Gasteiger charge is -2.10. The molecule has 3 aromatic rings. The molecule has 0 saturated carbocycles. The van der Waals surface area contributed by atoms with E-state index in [0.717, 1.165) is 12.2 Å². The summed E-state index contributed by atoms with van der Waals surface area (Å²) in [5.74, 6) is -0.267. The lowest BCUT2D eigenvalue weighted by molar-refractivity contribution is 0.102. The van der Waals surface area contributed by atoms with E-state index >= 15 is 0 Å². The zero-order valence-corrected chi connectivity index (χ0v) is 12.5. The topological polar surface area (TPSA) is 62.5 Å². The van der Waals surface area contributed by atoms with E-state index in [0.29, 0.717) is 11.3 Å². The van der Waals surface area contributed by atoms with E-state index in [1.165, 1.54) is 5.56 Å². The van der Waals surface area contributed by atoms with Gasteiger partial charge in [-0.25, -0.2) is 9.97 Å². The summed E-state index contributed by atoms with van der Waals surface area (Å²) in [4.78, 5) is 22.7. The smallest absolute Gasteiger partial charge is 0.278 e. The number of hydrogen-bond acceptors (Lipinski definition) is 4. The second kappa shape index (κ2) is 5.95. The molecule has 0 aliphatic rings. The van der Waals surface area contributed by atoms with Crippen LogP contribution in [0.3, 0.4) is 0 Å². The molecule has 0 bridgehead atoms. The van der Waals surface area contributed by atoms with E-state index in [-0.39, 0.29) is 5.91 Å². The van der Waals surface area contributed by atoms with Crippen molar-refractivity contribution >= 4 is 17.2 Å². The normalized spacial score (nSPS) is 11.0. The fourth-order valence-electron chi connectivity index (χ4n) is 2.26. The SMILES string of the molecule is CN(C)Cc1ccc(NC(=O)c2nccn3ccnc23)cc1. The van der Waals surface area contributed by atoms with Crippen molar-refractivity contribution in [3.8, 4) is 0 Å². The van der Waals surface area contributed by atoms with Crippen molar-refractivity contribution in [3.63, 3.8) is 0 Å². The van der Waals surface area contributed by atoms with Gasteiger partial charge in [0, 0.05) is 37.0 Å². The first-order chi connectivity index (χ1) is 10.6. The van der Waals surface area contributed by atoms with Crippen LogP contribution in [-0.2, 0) is 6.54 Å². The van der Waals surface area contributed by atoms with Gasteiger partial charge in [-0.2, -0.15) is 0 Å². The number of imidazole rings is 1. The summed E-state index contributed by atoms with van der Waals surface area (Å²) in [5, 5.41) is 2.85. The van der Waals surface area contributed by atoms with Crippen molar-refractivity contribution in [1.82, 2.24) is 19.3 Å². The number of carbonyl (C=O) groups excluding carboxylic acids is 1. The maximum Gasteiger partial charge on any atom is 0.278 e. The average Bonchev–Trinajstić information content (AvgIpc) is 2.97. The summed E-state index contributed by atoms with van der Waals surface area (Å²) in [6.07, 6.45) is 6.77. The molecule has 0 spiro atoms. The molecule has 112 valence electrons. The third-order valence-electron chi connectivity index (χ3n) is 3.24. The van der Waals surface area contributed by atoms with Gasteiger partial charge in [0.25, 0.3) is 5.91 Å². The number of nitrogens with zero attached hydrogens (tertiary/aromatic N) is 4. The van der Waals surface area contributed by atoms with Crippen LogP contribution in [0.25, 0.3) is 5.65 Å². The maximum atomic E-state index is 12.4. The van der Waals surface area contributed by atoms with Gasteiger partial charge in [-0.05, 0) is 31.8 Å². The van der Waals surface area contributed by atoms with E-state index in [9.17, 15) is 4.79 Å². The summed E-state index contributed by atoms with van der Waals surface area (Å²) < 4.78 is 1.77. The van der Waals surface area contributed by atoms with Crippen LogP contribution >= 0.6 is 0 Å². The van der Waals surface area contributed by atoms with Crippen molar-refractivity contribution in [2.45, 2.75) is 6.54 Å². The van der Waals surface area contributed by atoms with Gasteiger partial charge >= 0.3 is 0 Å². The summed E-state index contributed by atoms with van der Waals surface area (Å²) in [6.45, 7) is 0.864. The predicted molar refractivity (Wildman–Crippen MR) is 84.8 cm³/mol. The number of rotatable bonds is 4. The Morgan fingerprint density at radius 1 is 1.14 bits per heavy atom. The number of anilines is 1. The van der Waals surface area contributed by atoms with Crippen molar-refractivity contribution < 1.29 is 4.79 Å². The molecule has 1 aromatic carbocycles. The van der Waals surface area contributed by atoms with Crippen LogP contribution in [0.2, 0.25) is 0 Å². The Morgan fingerprint density at radius 2 is 1.82 bits per heavy atom. The molecule has 0 saturated heterocycles. The van der Waals surface area contributed by atoms with E-state index in [2.05, 4.69) is 20.2 Å². The Bertz CT molecular complexity index is 792. The minimum Gasteiger partial charge on any atom is -0.321 e. The fourth-order valence-corrected chi connectivity index (χ4v) is 2.26. The molecule has 0 radical (unpaired) electrons. The molecule has 0 unspecified atom stereocenters. The molecule has 0 aliphatic carbocycles. The molecule has 22 heavy (non-hydrogen) atoms. The Hall–Kier alpha value is -2.73. The Morgan fingerprint density at radius 3 is 2.50 bits per heavy atom. The Balaban J connectivity index is 1.78. The first kappa shape index (κ1) is 14.2. The molecule has 0 atom stereocenters. The van der Waals surface area contributed by atoms with Gasteiger partial charge in [0.2, 0.25) is 0 Å². The quantitative estimate of drug-likeness (QED) is 0.800. The Labute approximate surface area is 128 Å². The first-order valence-corrected chi connectivity index (χ1v) is 6.96.